The summed E-state index contributed by atoms with van der Waals surface area (Å²) in [4.78, 5) is 25.9. The van der Waals surface area contributed by atoms with Gasteiger partial charge in [0, 0.05) is 11.1 Å². The molecule has 0 aliphatic heterocycles. The fraction of sp³-hybridized carbons (Fsp3) is 0.231. The summed E-state index contributed by atoms with van der Waals surface area (Å²) in [6.45, 7) is 5.07. The van der Waals surface area contributed by atoms with Crippen molar-refractivity contribution < 1.29 is 18.0 Å². The van der Waals surface area contributed by atoms with Crippen LogP contribution in [-0.4, -0.2) is 32.8 Å². The summed E-state index contributed by atoms with van der Waals surface area (Å²) in [7, 11) is -4.09. The van der Waals surface area contributed by atoms with Crippen molar-refractivity contribution in [2.24, 2.45) is 0 Å². The summed E-state index contributed by atoms with van der Waals surface area (Å²) in [6, 6.07) is 19.3. The highest BCUT2D eigenvalue weighted by molar-refractivity contribution is 7.92. The highest BCUT2D eigenvalue weighted by Crippen LogP contribution is 2.29. The first-order chi connectivity index (χ1) is 16.6. The molecule has 2 amide bonds. The monoisotopic (exact) mass is 513 g/mol. The van der Waals surface area contributed by atoms with Crippen molar-refractivity contribution in [1.82, 2.24) is 5.32 Å². The maximum absolute atomic E-state index is 13.6. The third-order valence-electron chi connectivity index (χ3n) is 5.49. The van der Waals surface area contributed by atoms with Gasteiger partial charge in [0.2, 0.25) is 5.91 Å². The molecular weight excluding hydrogens is 486 g/mol. The van der Waals surface area contributed by atoms with E-state index in [1.54, 1.807) is 61.5 Å². The van der Waals surface area contributed by atoms with E-state index in [2.05, 4.69) is 10.6 Å². The van der Waals surface area contributed by atoms with Gasteiger partial charge in [-0.2, -0.15) is 0 Å². The standard InChI is InChI=1S/C26H28ClN3O4S/c1-4-19(3)28-26(32)22-12-8-9-13-23(22)29-25(31)17-30(24-16-20(27)15-14-18(24)2)35(33,34)21-10-6-5-7-11-21/h5-16,19H,4,17H2,1-3H3,(H,28,32)(H,29,31)/t19-/m0/s1. The molecule has 0 fully saturated rings. The number of halogens is 1. The van der Waals surface area contributed by atoms with E-state index in [1.807, 2.05) is 13.8 Å². The molecule has 0 saturated heterocycles. The van der Waals surface area contributed by atoms with Crippen LogP contribution in [0.2, 0.25) is 5.02 Å². The van der Waals surface area contributed by atoms with Crippen LogP contribution in [0.1, 0.15) is 36.2 Å². The van der Waals surface area contributed by atoms with E-state index in [9.17, 15) is 18.0 Å². The van der Waals surface area contributed by atoms with Crippen molar-refractivity contribution >= 4 is 44.8 Å². The van der Waals surface area contributed by atoms with Gasteiger partial charge in [-0.25, -0.2) is 8.42 Å². The predicted octanol–water partition coefficient (Wildman–Crippen LogP) is 5.01. The smallest absolute Gasteiger partial charge is 0.264 e. The number of carbonyl (C=O) groups excluding carboxylic acids is 2. The molecular formula is C26H28ClN3O4S. The quantitative estimate of drug-likeness (QED) is 0.420. The fourth-order valence-electron chi connectivity index (χ4n) is 3.38. The van der Waals surface area contributed by atoms with Crippen LogP contribution in [0.4, 0.5) is 11.4 Å². The fourth-order valence-corrected chi connectivity index (χ4v) is 5.05. The molecule has 0 spiro atoms. The van der Waals surface area contributed by atoms with E-state index in [0.717, 1.165) is 10.7 Å². The minimum Gasteiger partial charge on any atom is -0.350 e. The van der Waals surface area contributed by atoms with Crippen LogP contribution in [0.15, 0.2) is 77.7 Å². The molecule has 0 aliphatic carbocycles. The number of carbonyl (C=O) groups is 2. The zero-order valence-electron chi connectivity index (χ0n) is 19.8. The van der Waals surface area contributed by atoms with Crippen molar-refractivity contribution in [3.05, 3.63) is 88.9 Å². The molecule has 184 valence electrons. The third kappa shape index (κ3) is 6.41. The highest BCUT2D eigenvalue weighted by Gasteiger charge is 2.29. The molecule has 0 heterocycles. The Labute approximate surface area is 211 Å². The molecule has 0 bridgehead atoms. The summed E-state index contributed by atoms with van der Waals surface area (Å²) in [5.74, 6) is -0.928. The number of amides is 2. The lowest BCUT2D eigenvalue weighted by Gasteiger charge is -2.26. The number of para-hydroxylation sites is 1. The van der Waals surface area contributed by atoms with Crippen molar-refractivity contribution in [2.45, 2.75) is 38.1 Å². The minimum absolute atomic E-state index is 0.0384. The average Bonchev–Trinajstić information content (AvgIpc) is 2.84. The maximum Gasteiger partial charge on any atom is 0.264 e. The number of hydrogen-bond acceptors (Lipinski definition) is 4. The van der Waals surface area contributed by atoms with Crippen LogP contribution < -0.4 is 14.9 Å². The maximum atomic E-state index is 13.6. The van der Waals surface area contributed by atoms with Crippen molar-refractivity contribution in [2.75, 3.05) is 16.2 Å². The molecule has 3 aromatic carbocycles. The molecule has 2 N–H and O–H groups in total. The Kier molecular flexibility index (Phi) is 8.53. The Balaban J connectivity index is 1.95. The number of aryl methyl sites for hydroxylation is 1. The average molecular weight is 514 g/mol. The van der Waals surface area contributed by atoms with E-state index in [4.69, 9.17) is 11.6 Å². The second kappa shape index (κ2) is 11.4. The lowest BCUT2D eigenvalue weighted by atomic mass is 10.1. The molecule has 0 aromatic heterocycles. The second-order valence-corrected chi connectivity index (χ2v) is 10.4. The topological polar surface area (TPSA) is 95.6 Å². The molecule has 1 atom stereocenters. The molecule has 7 nitrogen and oxygen atoms in total. The number of hydrogen-bond donors (Lipinski definition) is 2. The van der Waals surface area contributed by atoms with Gasteiger partial charge in [0.1, 0.15) is 6.54 Å². The zero-order chi connectivity index (χ0) is 25.6. The molecule has 3 rings (SSSR count). The first-order valence-electron chi connectivity index (χ1n) is 11.2. The highest BCUT2D eigenvalue weighted by atomic mass is 35.5. The lowest BCUT2D eigenvalue weighted by Crippen LogP contribution is -2.39. The second-order valence-electron chi connectivity index (χ2n) is 8.13. The van der Waals surface area contributed by atoms with Gasteiger partial charge in [-0.15, -0.1) is 0 Å². The molecule has 35 heavy (non-hydrogen) atoms. The van der Waals surface area contributed by atoms with Gasteiger partial charge < -0.3 is 10.6 Å². The molecule has 3 aromatic rings. The first kappa shape index (κ1) is 26.2. The van der Waals surface area contributed by atoms with Gasteiger partial charge in [0.15, 0.2) is 0 Å². The van der Waals surface area contributed by atoms with Gasteiger partial charge in [-0.3, -0.25) is 13.9 Å². The van der Waals surface area contributed by atoms with E-state index in [1.165, 1.54) is 18.2 Å². The zero-order valence-corrected chi connectivity index (χ0v) is 21.4. The summed E-state index contributed by atoms with van der Waals surface area (Å²) in [5.41, 5.74) is 1.50. The van der Waals surface area contributed by atoms with Crippen molar-refractivity contribution in [3.8, 4) is 0 Å². The Morgan fingerprint density at radius 2 is 1.66 bits per heavy atom. The SMILES string of the molecule is CC[C@H](C)NC(=O)c1ccccc1NC(=O)CN(c1cc(Cl)ccc1C)S(=O)(=O)c1ccccc1. The van der Waals surface area contributed by atoms with Crippen LogP contribution in [0.5, 0.6) is 0 Å². The molecule has 0 aliphatic rings. The number of anilines is 2. The Bertz CT molecular complexity index is 1310. The van der Waals surface area contributed by atoms with E-state index in [-0.39, 0.29) is 28.1 Å². The van der Waals surface area contributed by atoms with Gasteiger partial charge >= 0.3 is 0 Å². The molecule has 0 radical (unpaired) electrons. The number of nitrogens with zero attached hydrogens (tertiary/aromatic N) is 1. The van der Waals surface area contributed by atoms with E-state index >= 15 is 0 Å². The first-order valence-corrected chi connectivity index (χ1v) is 13.0. The number of benzene rings is 3. The van der Waals surface area contributed by atoms with Crippen LogP contribution in [0, 0.1) is 6.92 Å². The van der Waals surface area contributed by atoms with Gasteiger partial charge in [-0.05, 0) is 62.2 Å². The van der Waals surface area contributed by atoms with Crippen LogP contribution in [0.25, 0.3) is 0 Å². The Morgan fingerprint density at radius 1 is 1.00 bits per heavy atom. The molecule has 9 heteroatoms. The van der Waals surface area contributed by atoms with Crippen molar-refractivity contribution in [3.63, 3.8) is 0 Å². The van der Waals surface area contributed by atoms with Crippen LogP contribution in [-0.2, 0) is 14.8 Å². The third-order valence-corrected chi connectivity index (χ3v) is 7.50. The predicted molar refractivity (Wildman–Crippen MR) is 139 cm³/mol. The summed E-state index contributed by atoms with van der Waals surface area (Å²) < 4.78 is 28.1. The van der Waals surface area contributed by atoms with Crippen LogP contribution in [0.3, 0.4) is 0 Å². The summed E-state index contributed by atoms with van der Waals surface area (Å²) in [5, 5.41) is 5.92. The lowest BCUT2D eigenvalue weighted by molar-refractivity contribution is -0.114. The Hall–Kier alpha value is -3.36. The number of rotatable bonds is 9. The summed E-state index contributed by atoms with van der Waals surface area (Å²) in [6.07, 6.45) is 0.756. The Morgan fingerprint density at radius 3 is 2.34 bits per heavy atom. The van der Waals surface area contributed by atoms with Crippen LogP contribution >= 0.6 is 11.6 Å². The normalized spacial score (nSPS) is 12.0. The van der Waals surface area contributed by atoms with Gasteiger partial charge in [0.05, 0.1) is 21.8 Å². The summed E-state index contributed by atoms with van der Waals surface area (Å²) >= 11 is 6.17. The van der Waals surface area contributed by atoms with Crippen molar-refractivity contribution in [1.29, 1.82) is 0 Å². The minimum atomic E-state index is -4.09. The number of nitrogens with one attached hydrogen (secondary N) is 2. The molecule has 0 unspecified atom stereocenters. The van der Waals surface area contributed by atoms with Gasteiger partial charge in [0.25, 0.3) is 15.9 Å². The number of sulfonamides is 1. The van der Waals surface area contributed by atoms with E-state index < -0.39 is 22.5 Å². The molecule has 0 saturated carbocycles. The van der Waals surface area contributed by atoms with Gasteiger partial charge in [-0.1, -0.05) is 54.9 Å². The largest absolute Gasteiger partial charge is 0.350 e. The van der Waals surface area contributed by atoms with E-state index in [0.29, 0.717) is 16.3 Å².